The second-order valence-corrected chi connectivity index (χ2v) is 5.82. The highest BCUT2D eigenvalue weighted by atomic mass is 79.9. The molecule has 11 heavy (non-hydrogen) atoms. The van der Waals surface area contributed by atoms with Crippen molar-refractivity contribution >= 4 is 47.8 Å². The predicted molar refractivity (Wildman–Crippen MR) is 62.7 cm³/mol. The Morgan fingerprint density at radius 1 is 1.00 bits per heavy atom. The minimum atomic E-state index is 0.443. The number of rotatable bonds is 5. The van der Waals surface area contributed by atoms with E-state index in [4.69, 9.17) is 0 Å². The van der Waals surface area contributed by atoms with Crippen molar-refractivity contribution in [2.45, 2.75) is 33.7 Å². The first-order valence-electron chi connectivity index (χ1n) is 3.64. The molecule has 0 spiro atoms. The zero-order chi connectivity index (χ0) is 8.85. The van der Waals surface area contributed by atoms with Gasteiger partial charge in [0.05, 0.1) is 0 Å². The van der Waals surface area contributed by atoms with Crippen LogP contribution in [0.5, 0.6) is 0 Å². The average molecular weight is 349 g/mol. The molecule has 0 aliphatic heterocycles. The fourth-order valence-corrected chi connectivity index (χ4v) is 2.74. The van der Waals surface area contributed by atoms with E-state index in [2.05, 4.69) is 61.6 Å². The molecule has 0 N–H and O–H groups in total. The van der Waals surface area contributed by atoms with Crippen molar-refractivity contribution in [3.05, 3.63) is 13.8 Å². The molecule has 2 radical (unpaired) electrons. The molecule has 66 valence electrons. The van der Waals surface area contributed by atoms with Gasteiger partial charge in [0.2, 0.25) is 0 Å². The minimum absolute atomic E-state index is 0.443. The molecule has 0 fully saturated rings. The molecule has 0 saturated carbocycles. The standard InChI is InChI=1S/C8H13Br3/c1-3-5-7(10)8(11)6(9)4-2/h6-8H,1-5H2. The van der Waals surface area contributed by atoms with E-state index in [1.54, 1.807) is 0 Å². The van der Waals surface area contributed by atoms with Crippen molar-refractivity contribution in [3.8, 4) is 0 Å². The zero-order valence-electron chi connectivity index (χ0n) is 6.40. The van der Waals surface area contributed by atoms with Crippen molar-refractivity contribution in [2.24, 2.45) is 0 Å². The van der Waals surface area contributed by atoms with Gasteiger partial charge < -0.3 is 0 Å². The van der Waals surface area contributed by atoms with Crippen LogP contribution in [0.2, 0.25) is 0 Å². The lowest BCUT2D eigenvalue weighted by molar-refractivity contribution is 0.716. The van der Waals surface area contributed by atoms with Gasteiger partial charge >= 0.3 is 0 Å². The van der Waals surface area contributed by atoms with Crippen LogP contribution in [0.3, 0.4) is 0 Å². The van der Waals surface area contributed by atoms with E-state index in [-0.39, 0.29) is 0 Å². The van der Waals surface area contributed by atoms with Crippen LogP contribution in [0.25, 0.3) is 0 Å². The summed E-state index contributed by atoms with van der Waals surface area (Å²) in [6, 6.07) is 0. The Kier molecular flexibility index (Phi) is 7.81. The van der Waals surface area contributed by atoms with Crippen LogP contribution in [0.15, 0.2) is 0 Å². The molecule has 0 bridgehead atoms. The first-order chi connectivity index (χ1) is 5.13. The summed E-state index contributed by atoms with van der Waals surface area (Å²) in [5.74, 6) is 0. The van der Waals surface area contributed by atoms with Gasteiger partial charge in [-0.25, -0.2) is 0 Å². The molecule has 0 rings (SSSR count). The van der Waals surface area contributed by atoms with Gasteiger partial charge in [-0.15, -0.1) is 0 Å². The highest BCUT2D eigenvalue weighted by molar-refractivity contribution is 9.13. The van der Waals surface area contributed by atoms with E-state index in [9.17, 15) is 0 Å². The summed E-state index contributed by atoms with van der Waals surface area (Å²) >= 11 is 10.8. The molecule has 3 atom stereocenters. The molecule has 0 aromatic carbocycles. The summed E-state index contributed by atoms with van der Waals surface area (Å²) in [7, 11) is 0. The maximum Gasteiger partial charge on any atom is 0.0396 e. The summed E-state index contributed by atoms with van der Waals surface area (Å²) < 4.78 is 0. The normalized spacial score (nSPS) is 19.4. The number of hydrogen-bond donors (Lipinski definition) is 0. The van der Waals surface area contributed by atoms with Crippen molar-refractivity contribution in [2.75, 3.05) is 0 Å². The maximum atomic E-state index is 3.84. The van der Waals surface area contributed by atoms with Crippen LogP contribution in [-0.2, 0) is 0 Å². The van der Waals surface area contributed by atoms with E-state index >= 15 is 0 Å². The zero-order valence-corrected chi connectivity index (χ0v) is 11.2. The van der Waals surface area contributed by atoms with Gasteiger partial charge in [0.1, 0.15) is 0 Å². The van der Waals surface area contributed by atoms with Crippen molar-refractivity contribution in [3.63, 3.8) is 0 Å². The quantitative estimate of drug-likeness (QED) is 0.656. The Balaban J connectivity index is 3.70. The van der Waals surface area contributed by atoms with Crippen LogP contribution in [-0.4, -0.2) is 14.5 Å². The van der Waals surface area contributed by atoms with E-state index in [0.29, 0.717) is 14.5 Å². The smallest absolute Gasteiger partial charge is 0.0396 e. The Bertz CT molecular complexity index is 95.3. The third-order valence-electron chi connectivity index (χ3n) is 1.45. The van der Waals surface area contributed by atoms with E-state index in [0.717, 1.165) is 19.3 Å². The molecule has 0 aliphatic carbocycles. The molecule has 3 unspecified atom stereocenters. The molecule has 0 aromatic heterocycles. The van der Waals surface area contributed by atoms with Gasteiger partial charge in [0.25, 0.3) is 0 Å². The average Bonchev–Trinajstić information content (AvgIpc) is 2.02. The highest BCUT2D eigenvalue weighted by Gasteiger charge is 2.21. The Morgan fingerprint density at radius 2 is 1.55 bits per heavy atom. The van der Waals surface area contributed by atoms with Crippen LogP contribution < -0.4 is 0 Å². The van der Waals surface area contributed by atoms with Crippen LogP contribution in [0.1, 0.15) is 19.3 Å². The van der Waals surface area contributed by atoms with Gasteiger partial charge in [-0.05, 0) is 12.8 Å². The second-order valence-electron chi connectivity index (χ2n) is 2.41. The van der Waals surface area contributed by atoms with Gasteiger partial charge in [0.15, 0.2) is 0 Å². The number of halogens is 3. The van der Waals surface area contributed by atoms with Crippen molar-refractivity contribution in [1.29, 1.82) is 0 Å². The van der Waals surface area contributed by atoms with Crippen LogP contribution in [0.4, 0.5) is 0 Å². The second kappa shape index (κ2) is 6.90. The lowest BCUT2D eigenvalue weighted by atomic mass is 10.1. The summed E-state index contributed by atoms with van der Waals surface area (Å²) in [5, 5.41) is 0. The maximum absolute atomic E-state index is 3.84. The first-order valence-corrected chi connectivity index (χ1v) is 6.38. The van der Waals surface area contributed by atoms with Crippen molar-refractivity contribution in [1.82, 2.24) is 0 Å². The van der Waals surface area contributed by atoms with Crippen LogP contribution >= 0.6 is 47.8 Å². The molecule has 0 amide bonds. The van der Waals surface area contributed by atoms with E-state index in [1.807, 2.05) is 0 Å². The molecule has 0 heterocycles. The van der Waals surface area contributed by atoms with Gasteiger partial charge in [-0.1, -0.05) is 68.1 Å². The molecule has 3 heteroatoms. The number of alkyl halides is 3. The molecule has 0 aromatic rings. The van der Waals surface area contributed by atoms with Crippen LogP contribution in [0, 0.1) is 13.8 Å². The van der Waals surface area contributed by atoms with E-state index < -0.39 is 0 Å². The molecular weight excluding hydrogens is 336 g/mol. The fraction of sp³-hybridized carbons (Fsp3) is 0.750. The number of hydrogen-bond acceptors (Lipinski definition) is 0. The summed E-state index contributed by atoms with van der Waals surface area (Å²) in [6.07, 6.45) is 2.96. The topological polar surface area (TPSA) is 0 Å². The largest absolute Gasteiger partial charge is 0.0878 e. The summed E-state index contributed by atoms with van der Waals surface area (Å²) in [4.78, 5) is 1.38. The molecular formula is C8H13Br3. The molecule has 0 saturated heterocycles. The lowest BCUT2D eigenvalue weighted by Crippen LogP contribution is -2.23. The summed E-state index contributed by atoms with van der Waals surface area (Å²) in [5.41, 5.74) is 0. The molecule has 0 aliphatic rings. The van der Waals surface area contributed by atoms with E-state index in [1.165, 1.54) is 0 Å². The Morgan fingerprint density at radius 3 is 1.91 bits per heavy atom. The van der Waals surface area contributed by atoms with Gasteiger partial charge in [0, 0.05) is 14.5 Å². The lowest BCUT2D eigenvalue weighted by Gasteiger charge is -2.20. The first kappa shape index (κ1) is 12.4. The summed E-state index contributed by atoms with van der Waals surface area (Å²) in [6.45, 7) is 7.65. The predicted octanol–water partition coefficient (Wildman–Crippen LogP) is 4.12. The monoisotopic (exact) mass is 346 g/mol. The highest BCUT2D eigenvalue weighted by Crippen LogP contribution is 2.27. The SMILES string of the molecule is [CH2]CCC(Br)C(Br)C(Br)C[CH2]. The minimum Gasteiger partial charge on any atom is -0.0878 e. The fourth-order valence-electron chi connectivity index (χ4n) is 0.740. The Hall–Kier alpha value is 1.44. The third-order valence-corrected chi connectivity index (χ3v) is 6.20. The molecule has 0 nitrogen and oxygen atoms in total. The van der Waals surface area contributed by atoms with Gasteiger partial charge in [-0.3, -0.25) is 0 Å². The van der Waals surface area contributed by atoms with Gasteiger partial charge in [-0.2, -0.15) is 0 Å². The Labute approximate surface area is 94.9 Å². The third kappa shape index (κ3) is 4.89. The van der Waals surface area contributed by atoms with Crippen molar-refractivity contribution < 1.29 is 0 Å².